The zero-order chi connectivity index (χ0) is 20.2. The molecule has 0 aliphatic carbocycles. The molecule has 0 spiro atoms. The number of nitrogens with zero attached hydrogens (tertiary/aromatic N) is 2. The highest BCUT2D eigenvalue weighted by molar-refractivity contribution is 7.26. The standard InChI is InChI=1S/C27H20N2S/c1-16(2)18-12-13-22(21-10-6-5-9-20(18)21)25-27-26(29-15-28-25)24-19-8-4-3-7-17(19)11-14-23(24)30-27/h3-16H,1-2H3. The maximum Gasteiger partial charge on any atom is 0.116 e. The Morgan fingerprint density at radius 3 is 2.33 bits per heavy atom. The van der Waals surface area contributed by atoms with Gasteiger partial charge in [-0.1, -0.05) is 80.6 Å². The van der Waals surface area contributed by atoms with E-state index in [2.05, 4.69) is 86.6 Å². The van der Waals surface area contributed by atoms with Crippen molar-refractivity contribution in [2.75, 3.05) is 0 Å². The first kappa shape index (κ1) is 17.5. The topological polar surface area (TPSA) is 25.8 Å². The Hall–Kier alpha value is -3.30. The second-order valence-electron chi connectivity index (χ2n) is 8.06. The molecule has 2 heterocycles. The van der Waals surface area contributed by atoms with E-state index in [0.717, 1.165) is 15.9 Å². The molecule has 0 radical (unpaired) electrons. The van der Waals surface area contributed by atoms with Gasteiger partial charge in [0.2, 0.25) is 0 Å². The van der Waals surface area contributed by atoms with Crippen LogP contribution in [-0.4, -0.2) is 9.97 Å². The molecule has 30 heavy (non-hydrogen) atoms. The molecule has 0 atom stereocenters. The summed E-state index contributed by atoms with van der Waals surface area (Å²) in [5, 5.41) is 6.30. The number of aromatic nitrogens is 2. The van der Waals surface area contributed by atoms with Gasteiger partial charge in [0, 0.05) is 15.6 Å². The highest BCUT2D eigenvalue weighted by atomic mass is 32.1. The van der Waals surface area contributed by atoms with Crippen molar-refractivity contribution >= 4 is 53.2 Å². The van der Waals surface area contributed by atoms with Crippen molar-refractivity contribution in [2.45, 2.75) is 19.8 Å². The third-order valence-electron chi connectivity index (χ3n) is 5.98. The summed E-state index contributed by atoms with van der Waals surface area (Å²) < 4.78 is 2.42. The van der Waals surface area contributed by atoms with Crippen molar-refractivity contribution in [3.8, 4) is 11.3 Å². The monoisotopic (exact) mass is 404 g/mol. The molecule has 6 aromatic rings. The van der Waals surface area contributed by atoms with Gasteiger partial charge in [-0.15, -0.1) is 11.3 Å². The third kappa shape index (κ3) is 2.49. The summed E-state index contributed by atoms with van der Waals surface area (Å²) in [5.74, 6) is 0.477. The van der Waals surface area contributed by atoms with Crippen LogP contribution in [0.4, 0.5) is 0 Å². The maximum atomic E-state index is 4.78. The molecule has 3 heteroatoms. The van der Waals surface area contributed by atoms with Crippen molar-refractivity contribution < 1.29 is 0 Å². The highest BCUT2D eigenvalue weighted by Gasteiger charge is 2.17. The molecule has 0 amide bonds. The molecule has 6 rings (SSSR count). The van der Waals surface area contributed by atoms with Crippen LogP contribution in [0.3, 0.4) is 0 Å². The normalized spacial score (nSPS) is 12.0. The van der Waals surface area contributed by atoms with Crippen molar-refractivity contribution in [3.63, 3.8) is 0 Å². The number of rotatable bonds is 2. The van der Waals surface area contributed by atoms with Gasteiger partial charge < -0.3 is 0 Å². The Morgan fingerprint density at radius 2 is 1.50 bits per heavy atom. The zero-order valence-corrected chi connectivity index (χ0v) is 17.7. The van der Waals surface area contributed by atoms with Gasteiger partial charge in [0.25, 0.3) is 0 Å². The summed E-state index contributed by atoms with van der Waals surface area (Å²) in [5.41, 5.74) is 4.63. The average molecular weight is 405 g/mol. The molecule has 0 N–H and O–H groups in total. The summed E-state index contributed by atoms with van der Waals surface area (Å²) in [6.45, 7) is 4.50. The van der Waals surface area contributed by atoms with E-state index in [0.29, 0.717) is 5.92 Å². The van der Waals surface area contributed by atoms with Gasteiger partial charge in [-0.05, 0) is 39.1 Å². The first-order valence-corrected chi connectivity index (χ1v) is 11.1. The molecule has 0 aliphatic heterocycles. The Bertz CT molecular complexity index is 1580. The number of hydrogen-bond donors (Lipinski definition) is 0. The molecule has 144 valence electrons. The van der Waals surface area contributed by atoms with Gasteiger partial charge in [-0.3, -0.25) is 0 Å². The van der Waals surface area contributed by atoms with Gasteiger partial charge in [0.1, 0.15) is 6.33 Å². The summed E-state index contributed by atoms with van der Waals surface area (Å²) in [7, 11) is 0. The molecule has 0 bridgehead atoms. The summed E-state index contributed by atoms with van der Waals surface area (Å²) in [6, 6.07) is 26.2. The van der Waals surface area contributed by atoms with Gasteiger partial charge >= 0.3 is 0 Å². The van der Waals surface area contributed by atoms with Gasteiger partial charge in [0.05, 0.1) is 15.9 Å². The van der Waals surface area contributed by atoms with Gasteiger partial charge in [-0.2, -0.15) is 0 Å². The van der Waals surface area contributed by atoms with Gasteiger partial charge in [-0.25, -0.2) is 9.97 Å². The van der Waals surface area contributed by atoms with Crippen LogP contribution in [0.15, 0.2) is 79.1 Å². The van der Waals surface area contributed by atoms with E-state index in [9.17, 15) is 0 Å². The minimum Gasteiger partial charge on any atom is -0.235 e. The predicted octanol–water partition coefficient (Wildman–Crippen LogP) is 7.94. The van der Waals surface area contributed by atoms with Crippen molar-refractivity contribution in [1.29, 1.82) is 0 Å². The molecular formula is C27H20N2S. The quantitative estimate of drug-likeness (QED) is 0.293. The van der Waals surface area contributed by atoms with Crippen LogP contribution >= 0.6 is 11.3 Å². The van der Waals surface area contributed by atoms with Crippen molar-refractivity contribution in [3.05, 3.63) is 84.7 Å². The van der Waals surface area contributed by atoms with E-state index in [4.69, 9.17) is 9.97 Å². The summed E-state index contributed by atoms with van der Waals surface area (Å²) in [4.78, 5) is 9.51. The van der Waals surface area contributed by atoms with Gasteiger partial charge in [0.15, 0.2) is 0 Å². The summed E-state index contributed by atoms with van der Waals surface area (Å²) in [6.07, 6.45) is 1.72. The molecule has 0 saturated carbocycles. The van der Waals surface area contributed by atoms with E-state index >= 15 is 0 Å². The van der Waals surface area contributed by atoms with Crippen LogP contribution in [0.2, 0.25) is 0 Å². The molecular weight excluding hydrogens is 384 g/mol. The second kappa shape index (κ2) is 6.61. The van der Waals surface area contributed by atoms with Crippen LogP contribution in [-0.2, 0) is 0 Å². The minimum absolute atomic E-state index is 0.477. The van der Waals surface area contributed by atoms with Crippen LogP contribution in [0, 0.1) is 0 Å². The molecule has 0 unspecified atom stereocenters. The molecule has 0 saturated heterocycles. The summed E-state index contributed by atoms with van der Waals surface area (Å²) >= 11 is 1.79. The molecule has 2 nitrogen and oxygen atoms in total. The lowest BCUT2D eigenvalue weighted by Crippen LogP contribution is -1.93. The Balaban J connectivity index is 1.72. The van der Waals surface area contributed by atoms with Crippen LogP contribution in [0.1, 0.15) is 25.3 Å². The average Bonchev–Trinajstić information content (AvgIpc) is 3.17. The lowest BCUT2D eigenvalue weighted by Gasteiger charge is -2.13. The van der Waals surface area contributed by atoms with Crippen LogP contribution in [0.5, 0.6) is 0 Å². The predicted molar refractivity (Wildman–Crippen MR) is 129 cm³/mol. The maximum absolute atomic E-state index is 4.78. The Kier molecular flexibility index (Phi) is 3.87. The lowest BCUT2D eigenvalue weighted by atomic mass is 9.92. The number of hydrogen-bond acceptors (Lipinski definition) is 3. The third-order valence-corrected chi connectivity index (χ3v) is 7.13. The van der Waals surface area contributed by atoms with E-state index in [-0.39, 0.29) is 0 Å². The molecule has 0 aliphatic rings. The molecule has 0 fully saturated rings. The SMILES string of the molecule is CC(C)c1ccc(-c2ncnc3c2sc2ccc4ccccc4c23)c2ccccc12. The van der Waals surface area contributed by atoms with E-state index in [1.807, 2.05) is 0 Å². The fourth-order valence-corrected chi connectivity index (χ4v) is 5.74. The van der Waals surface area contributed by atoms with E-state index in [1.54, 1.807) is 17.7 Å². The Labute approximate surface area is 178 Å². The van der Waals surface area contributed by atoms with E-state index in [1.165, 1.54) is 42.8 Å². The van der Waals surface area contributed by atoms with Crippen LogP contribution < -0.4 is 0 Å². The first-order valence-electron chi connectivity index (χ1n) is 10.3. The number of benzene rings is 4. The van der Waals surface area contributed by atoms with Crippen LogP contribution in [0.25, 0.3) is 53.1 Å². The molecule has 4 aromatic carbocycles. The highest BCUT2D eigenvalue weighted by Crippen LogP contribution is 2.42. The fraction of sp³-hybridized carbons (Fsp3) is 0.111. The smallest absolute Gasteiger partial charge is 0.116 e. The van der Waals surface area contributed by atoms with E-state index < -0.39 is 0 Å². The Morgan fingerprint density at radius 1 is 0.733 bits per heavy atom. The largest absolute Gasteiger partial charge is 0.235 e. The van der Waals surface area contributed by atoms with Crippen molar-refractivity contribution in [2.24, 2.45) is 0 Å². The number of fused-ring (bicyclic) bond motifs is 6. The zero-order valence-electron chi connectivity index (χ0n) is 16.9. The lowest BCUT2D eigenvalue weighted by molar-refractivity contribution is 0.876. The molecule has 2 aromatic heterocycles. The number of thiophene rings is 1. The first-order chi connectivity index (χ1) is 14.7. The minimum atomic E-state index is 0.477. The second-order valence-corrected chi connectivity index (χ2v) is 9.12. The fourth-order valence-electron chi connectivity index (χ4n) is 4.56. The van der Waals surface area contributed by atoms with Crippen molar-refractivity contribution in [1.82, 2.24) is 9.97 Å².